The first kappa shape index (κ1) is 19.9. The highest BCUT2D eigenvalue weighted by molar-refractivity contribution is 7.91. The highest BCUT2D eigenvalue weighted by atomic mass is 32.2. The average Bonchev–Trinajstić information content (AvgIpc) is 3.25. The Kier molecular flexibility index (Phi) is 6.83. The molecule has 3 rings (SSSR count). The van der Waals surface area contributed by atoms with Crippen LogP contribution in [0.25, 0.3) is 0 Å². The number of sulfone groups is 1. The van der Waals surface area contributed by atoms with Gasteiger partial charge in [-0.1, -0.05) is 6.92 Å². The number of rotatable bonds is 5. The minimum absolute atomic E-state index is 0.183. The third-order valence-electron chi connectivity index (χ3n) is 6.27. The Labute approximate surface area is 158 Å². The zero-order chi connectivity index (χ0) is 18.6. The summed E-state index contributed by atoms with van der Waals surface area (Å²) >= 11 is 0. The molecule has 7 heteroatoms. The van der Waals surface area contributed by atoms with Crippen molar-refractivity contribution in [3.63, 3.8) is 0 Å². The predicted molar refractivity (Wildman–Crippen MR) is 105 cm³/mol. The first-order valence-corrected chi connectivity index (χ1v) is 12.1. The Morgan fingerprint density at radius 1 is 1.23 bits per heavy atom. The van der Waals surface area contributed by atoms with Gasteiger partial charge in [0.25, 0.3) is 0 Å². The molecule has 150 valence electrons. The van der Waals surface area contributed by atoms with Crippen molar-refractivity contribution >= 4 is 15.8 Å². The molecule has 0 bridgehead atoms. The van der Waals surface area contributed by atoms with Crippen molar-refractivity contribution in [3.05, 3.63) is 0 Å². The lowest BCUT2D eigenvalue weighted by Gasteiger charge is -2.29. The van der Waals surface area contributed by atoms with Crippen molar-refractivity contribution in [2.24, 2.45) is 22.7 Å². The molecular weight excluding hydrogens is 350 g/mol. The van der Waals surface area contributed by atoms with Crippen LogP contribution in [0.15, 0.2) is 4.99 Å². The van der Waals surface area contributed by atoms with Crippen LogP contribution in [0.5, 0.6) is 0 Å². The number of nitrogens with zero attached hydrogens (tertiary/aromatic N) is 2. The zero-order valence-corrected chi connectivity index (χ0v) is 17.1. The van der Waals surface area contributed by atoms with Gasteiger partial charge in [-0.25, -0.2) is 8.42 Å². The fourth-order valence-corrected chi connectivity index (χ4v) is 6.19. The lowest BCUT2D eigenvalue weighted by molar-refractivity contribution is 0.0488. The molecule has 0 saturated carbocycles. The van der Waals surface area contributed by atoms with Crippen molar-refractivity contribution in [2.75, 3.05) is 44.4 Å². The number of hydrogen-bond acceptors (Lipinski definition) is 4. The molecule has 3 heterocycles. The van der Waals surface area contributed by atoms with E-state index in [1.165, 1.54) is 19.3 Å². The molecule has 3 atom stereocenters. The van der Waals surface area contributed by atoms with E-state index in [2.05, 4.69) is 24.1 Å². The molecular formula is C19H35N3O3S. The molecule has 1 N–H and O–H groups in total. The van der Waals surface area contributed by atoms with Gasteiger partial charge in [0.05, 0.1) is 11.5 Å². The van der Waals surface area contributed by atoms with Crippen LogP contribution in [-0.4, -0.2) is 69.7 Å². The Balaban J connectivity index is 1.61. The molecule has 3 saturated heterocycles. The van der Waals surface area contributed by atoms with Gasteiger partial charge in [-0.15, -0.1) is 0 Å². The molecule has 3 aliphatic heterocycles. The summed E-state index contributed by atoms with van der Waals surface area (Å²) in [4.78, 5) is 7.26. The van der Waals surface area contributed by atoms with Crippen LogP contribution in [0.4, 0.5) is 0 Å². The number of nitrogens with one attached hydrogen (secondary N) is 1. The van der Waals surface area contributed by atoms with E-state index >= 15 is 0 Å². The van der Waals surface area contributed by atoms with Gasteiger partial charge in [-0.3, -0.25) is 4.99 Å². The summed E-state index contributed by atoms with van der Waals surface area (Å²) in [5.41, 5.74) is 0. The van der Waals surface area contributed by atoms with Crippen LogP contribution >= 0.6 is 0 Å². The van der Waals surface area contributed by atoms with E-state index in [1.807, 2.05) is 0 Å². The number of aliphatic imine (C=N–C) groups is 1. The average molecular weight is 386 g/mol. The maximum absolute atomic E-state index is 11.7. The molecule has 0 radical (unpaired) electrons. The lowest BCUT2D eigenvalue weighted by atomic mass is 9.85. The normalized spacial score (nSPS) is 31.3. The van der Waals surface area contributed by atoms with Crippen LogP contribution in [0.3, 0.4) is 0 Å². The molecule has 6 nitrogen and oxygen atoms in total. The second kappa shape index (κ2) is 8.91. The van der Waals surface area contributed by atoms with Crippen LogP contribution in [0, 0.1) is 17.8 Å². The first-order chi connectivity index (χ1) is 12.5. The van der Waals surface area contributed by atoms with Gasteiger partial charge in [0, 0.05) is 38.9 Å². The van der Waals surface area contributed by atoms with E-state index in [-0.39, 0.29) is 5.92 Å². The van der Waals surface area contributed by atoms with Crippen molar-refractivity contribution < 1.29 is 13.2 Å². The molecule has 0 amide bonds. The molecule has 0 aromatic carbocycles. The number of guanidine groups is 1. The highest BCUT2D eigenvalue weighted by Gasteiger charge is 2.33. The molecule has 3 aliphatic rings. The Hall–Kier alpha value is -0.820. The van der Waals surface area contributed by atoms with E-state index in [0.717, 1.165) is 56.9 Å². The van der Waals surface area contributed by atoms with Crippen molar-refractivity contribution in [2.45, 2.75) is 52.0 Å². The van der Waals surface area contributed by atoms with Gasteiger partial charge in [0.1, 0.15) is 0 Å². The monoisotopic (exact) mass is 385 g/mol. The van der Waals surface area contributed by atoms with E-state index in [9.17, 15) is 8.42 Å². The Morgan fingerprint density at radius 3 is 2.65 bits per heavy atom. The van der Waals surface area contributed by atoms with Crippen molar-refractivity contribution in [1.29, 1.82) is 0 Å². The van der Waals surface area contributed by atoms with Gasteiger partial charge in [0.2, 0.25) is 0 Å². The second-order valence-corrected chi connectivity index (χ2v) is 10.6. The lowest BCUT2D eigenvalue weighted by Crippen LogP contribution is -2.44. The largest absolute Gasteiger partial charge is 0.381 e. The summed E-state index contributed by atoms with van der Waals surface area (Å²) in [5.74, 6) is 3.31. The Bertz CT molecular complexity index is 587. The van der Waals surface area contributed by atoms with E-state index in [0.29, 0.717) is 24.1 Å². The molecule has 3 fully saturated rings. The van der Waals surface area contributed by atoms with Crippen molar-refractivity contribution in [3.8, 4) is 0 Å². The SMILES string of the molecule is CCC(C)NC(=NCC1CCS(=O)(=O)C1)N1CCC(C2CCOCC2)C1. The van der Waals surface area contributed by atoms with E-state index < -0.39 is 9.84 Å². The molecule has 0 spiro atoms. The molecule has 0 aromatic heterocycles. The standard InChI is InChI=1S/C19H35N3O3S/c1-3-15(2)21-19(20-12-16-7-11-26(23,24)14-16)22-8-4-18(13-22)17-5-9-25-10-6-17/h15-18H,3-14H2,1-2H3,(H,20,21). The van der Waals surface area contributed by atoms with E-state index in [4.69, 9.17) is 9.73 Å². The third-order valence-corrected chi connectivity index (χ3v) is 8.11. The van der Waals surface area contributed by atoms with E-state index in [1.54, 1.807) is 0 Å². The molecule has 26 heavy (non-hydrogen) atoms. The smallest absolute Gasteiger partial charge is 0.194 e. The fraction of sp³-hybridized carbons (Fsp3) is 0.947. The van der Waals surface area contributed by atoms with Crippen LogP contribution < -0.4 is 5.32 Å². The second-order valence-electron chi connectivity index (χ2n) is 8.33. The topological polar surface area (TPSA) is 71.0 Å². The predicted octanol–water partition coefficient (Wildman–Crippen LogP) is 1.91. The van der Waals surface area contributed by atoms with Crippen LogP contribution in [0.2, 0.25) is 0 Å². The van der Waals surface area contributed by atoms with Crippen LogP contribution in [0.1, 0.15) is 46.0 Å². The van der Waals surface area contributed by atoms with Gasteiger partial charge >= 0.3 is 0 Å². The fourth-order valence-electron chi connectivity index (χ4n) is 4.34. The first-order valence-electron chi connectivity index (χ1n) is 10.3. The quantitative estimate of drug-likeness (QED) is 0.578. The summed E-state index contributed by atoms with van der Waals surface area (Å²) < 4.78 is 28.9. The minimum atomic E-state index is -2.83. The third kappa shape index (κ3) is 5.35. The number of ether oxygens (including phenoxy) is 1. The maximum atomic E-state index is 11.7. The van der Waals surface area contributed by atoms with Gasteiger partial charge < -0.3 is 15.0 Å². The van der Waals surface area contributed by atoms with Crippen LogP contribution in [-0.2, 0) is 14.6 Å². The summed E-state index contributed by atoms with van der Waals surface area (Å²) in [6.07, 6.45) is 5.40. The van der Waals surface area contributed by atoms with Gasteiger partial charge in [-0.05, 0) is 56.8 Å². The molecule has 0 aromatic rings. The van der Waals surface area contributed by atoms with Crippen molar-refractivity contribution in [1.82, 2.24) is 10.2 Å². The summed E-state index contributed by atoms with van der Waals surface area (Å²) in [6, 6.07) is 0.378. The number of hydrogen-bond donors (Lipinski definition) is 1. The molecule has 0 aliphatic carbocycles. The maximum Gasteiger partial charge on any atom is 0.194 e. The highest BCUT2D eigenvalue weighted by Crippen LogP contribution is 2.31. The summed E-state index contributed by atoms with van der Waals surface area (Å²) in [7, 11) is -2.83. The molecule has 3 unspecified atom stereocenters. The summed E-state index contributed by atoms with van der Waals surface area (Å²) in [5, 5.41) is 3.58. The summed E-state index contributed by atoms with van der Waals surface area (Å²) in [6.45, 7) is 8.90. The minimum Gasteiger partial charge on any atom is -0.381 e. The van der Waals surface area contributed by atoms with Gasteiger partial charge in [0.15, 0.2) is 15.8 Å². The van der Waals surface area contributed by atoms with Gasteiger partial charge in [-0.2, -0.15) is 0 Å². The Morgan fingerprint density at radius 2 is 2.00 bits per heavy atom. The number of likely N-dealkylation sites (tertiary alicyclic amines) is 1. The zero-order valence-electron chi connectivity index (χ0n) is 16.3.